The molecule has 20 heavy (non-hydrogen) atoms. The molecule has 0 fully saturated rings. The van der Waals surface area contributed by atoms with Gasteiger partial charge in [0.25, 0.3) is 0 Å². The summed E-state index contributed by atoms with van der Waals surface area (Å²) in [7, 11) is 0. The zero-order chi connectivity index (χ0) is 15.3. The van der Waals surface area contributed by atoms with E-state index in [-0.39, 0.29) is 11.5 Å². The number of para-hydroxylation sites is 2. The van der Waals surface area contributed by atoms with Gasteiger partial charge in [-0.25, -0.2) is 0 Å². The van der Waals surface area contributed by atoms with Gasteiger partial charge in [-0.05, 0) is 19.1 Å². The molecular weight excluding hydrogens is 279 g/mol. The maximum atomic E-state index is 12.2. The third kappa shape index (κ3) is 4.34. The summed E-state index contributed by atoms with van der Waals surface area (Å²) in [6.45, 7) is 1.33. The average molecular weight is 291 g/mol. The summed E-state index contributed by atoms with van der Waals surface area (Å²) in [5, 5.41) is 13.3. The lowest BCUT2D eigenvalue weighted by Gasteiger charge is -2.15. The SMILES string of the molecule is CC(C(=O)Nc1ccccc1OC(F)(F)F)C(N)=NO. The van der Waals surface area contributed by atoms with E-state index in [2.05, 4.69) is 15.2 Å². The maximum absolute atomic E-state index is 12.2. The minimum Gasteiger partial charge on any atom is -0.409 e. The van der Waals surface area contributed by atoms with Gasteiger partial charge in [0.1, 0.15) is 0 Å². The van der Waals surface area contributed by atoms with Crippen molar-refractivity contribution in [2.24, 2.45) is 16.8 Å². The van der Waals surface area contributed by atoms with Crippen LogP contribution < -0.4 is 15.8 Å². The number of hydrogen-bond acceptors (Lipinski definition) is 4. The summed E-state index contributed by atoms with van der Waals surface area (Å²) in [5.74, 6) is -2.67. The molecule has 0 aliphatic rings. The Hall–Kier alpha value is -2.45. The Labute approximate surface area is 112 Å². The smallest absolute Gasteiger partial charge is 0.409 e. The fourth-order valence-electron chi connectivity index (χ4n) is 1.25. The molecule has 1 unspecified atom stereocenters. The maximum Gasteiger partial charge on any atom is 0.573 e. The molecule has 0 aliphatic carbocycles. The molecule has 0 bridgehead atoms. The van der Waals surface area contributed by atoms with Gasteiger partial charge >= 0.3 is 6.36 Å². The first kappa shape index (κ1) is 15.6. The molecule has 1 aromatic carbocycles. The first-order chi connectivity index (χ1) is 9.24. The van der Waals surface area contributed by atoms with E-state index in [1.807, 2.05) is 0 Å². The van der Waals surface area contributed by atoms with Crippen LogP contribution in [-0.2, 0) is 4.79 Å². The molecule has 9 heteroatoms. The number of oxime groups is 1. The van der Waals surface area contributed by atoms with E-state index in [1.54, 1.807) is 0 Å². The number of amidine groups is 1. The van der Waals surface area contributed by atoms with E-state index in [4.69, 9.17) is 10.9 Å². The molecule has 4 N–H and O–H groups in total. The van der Waals surface area contributed by atoms with Crippen molar-refractivity contribution in [3.05, 3.63) is 24.3 Å². The van der Waals surface area contributed by atoms with Gasteiger partial charge in [-0.1, -0.05) is 17.3 Å². The van der Waals surface area contributed by atoms with Gasteiger partial charge in [-0.2, -0.15) is 0 Å². The van der Waals surface area contributed by atoms with Gasteiger partial charge in [0.2, 0.25) is 5.91 Å². The highest BCUT2D eigenvalue weighted by molar-refractivity contribution is 6.07. The molecule has 1 amide bonds. The van der Waals surface area contributed by atoms with E-state index in [0.717, 1.165) is 6.07 Å². The van der Waals surface area contributed by atoms with Crippen LogP contribution in [-0.4, -0.2) is 23.3 Å². The first-order valence-corrected chi connectivity index (χ1v) is 5.37. The van der Waals surface area contributed by atoms with Crippen molar-refractivity contribution in [1.29, 1.82) is 0 Å². The Morgan fingerprint density at radius 3 is 2.60 bits per heavy atom. The number of carbonyl (C=O) groups excluding carboxylic acids is 1. The molecule has 0 heterocycles. The minimum absolute atomic E-state index is 0.174. The first-order valence-electron chi connectivity index (χ1n) is 5.37. The lowest BCUT2D eigenvalue weighted by atomic mass is 10.1. The Morgan fingerprint density at radius 2 is 2.05 bits per heavy atom. The Bertz CT molecular complexity index is 517. The molecule has 1 aromatic rings. The molecule has 1 rings (SSSR count). The van der Waals surface area contributed by atoms with E-state index < -0.39 is 23.9 Å². The number of nitrogens with two attached hydrogens (primary N) is 1. The van der Waals surface area contributed by atoms with E-state index >= 15 is 0 Å². The summed E-state index contributed by atoms with van der Waals surface area (Å²) in [6.07, 6.45) is -4.88. The molecule has 0 saturated heterocycles. The van der Waals surface area contributed by atoms with E-state index in [9.17, 15) is 18.0 Å². The van der Waals surface area contributed by atoms with Crippen LogP contribution >= 0.6 is 0 Å². The highest BCUT2D eigenvalue weighted by Crippen LogP contribution is 2.30. The van der Waals surface area contributed by atoms with Crippen molar-refractivity contribution in [2.45, 2.75) is 13.3 Å². The van der Waals surface area contributed by atoms with Crippen molar-refractivity contribution in [1.82, 2.24) is 0 Å². The molecule has 0 spiro atoms. The van der Waals surface area contributed by atoms with Crippen molar-refractivity contribution in [2.75, 3.05) is 5.32 Å². The highest BCUT2D eigenvalue weighted by atomic mass is 19.4. The Morgan fingerprint density at radius 1 is 1.45 bits per heavy atom. The fraction of sp³-hybridized carbons (Fsp3) is 0.273. The van der Waals surface area contributed by atoms with Crippen LogP contribution in [0.3, 0.4) is 0 Å². The lowest BCUT2D eigenvalue weighted by Crippen LogP contribution is -2.32. The molecular formula is C11H12F3N3O3. The molecule has 110 valence electrons. The van der Waals surface area contributed by atoms with Crippen LogP contribution in [0, 0.1) is 5.92 Å². The Balaban J connectivity index is 2.90. The van der Waals surface area contributed by atoms with Crippen LogP contribution in [0.25, 0.3) is 0 Å². The van der Waals surface area contributed by atoms with Gasteiger partial charge in [0, 0.05) is 0 Å². The number of nitrogens with one attached hydrogen (secondary N) is 1. The number of halogens is 3. The molecule has 0 aliphatic heterocycles. The summed E-state index contributed by atoms with van der Waals surface area (Å²) in [6, 6.07) is 5.03. The highest BCUT2D eigenvalue weighted by Gasteiger charge is 2.32. The number of nitrogens with zero attached hydrogens (tertiary/aromatic N) is 1. The molecule has 0 aromatic heterocycles. The number of amides is 1. The molecule has 1 atom stereocenters. The predicted molar refractivity (Wildman–Crippen MR) is 64.3 cm³/mol. The predicted octanol–water partition coefficient (Wildman–Crippen LogP) is 1.91. The second kappa shape index (κ2) is 6.13. The largest absolute Gasteiger partial charge is 0.573 e. The number of ether oxygens (including phenoxy) is 1. The van der Waals surface area contributed by atoms with E-state index in [1.165, 1.54) is 25.1 Å². The second-order valence-corrected chi connectivity index (χ2v) is 3.78. The van der Waals surface area contributed by atoms with Gasteiger partial charge in [-0.15, -0.1) is 13.2 Å². The Kier molecular flexibility index (Phi) is 4.78. The topological polar surface area (TPSA) is 96.9 Å². The van der Waals surface area contributed by atoms with Crippen molar-refractivity contribution >= 4 is 17.4 Å². The summed E-state index contributed by atoms with van der Waals surface area (Å²) in [4.78, 5) is 11.7. The standard InChI is InChI=1S/C11H12F3N3O3/c1-6(9(15)17-19)10(18)16-7-4-2-3-5-8(7)20-11(12,13)14/h2-6,19H,1H3,(H2,15,17)(H,16,18). The van der Waals surface area contributed by atoms with Crippen LogP contribution in [0.4, 0.5) is 18.9 Å². The van der Waals surface area contributed by atoms with Crippen LogP contribution in [0.2, 0.25) is 0 Å². The van der Waals surface area contributed by atoms with Gasteiger partial charge in [0.15, 0.2) is 11.6 Å². The third-order valence-electron chi connectivity index (χ3n) is 2.32. The van der Waals surface area contributed by atoms with Gasteiger partial charge in [-0.3, -0.25) is 4.79 Å². The third-order valence-corrected chi connectivity index (χ3v) is 2.32. The van der Waals surface area contributed by atoms with E-state index in [0.29, 0.717) is 0 Å². The quantitative estimate of drug-likeness (QED) is 0.341. The van der Waals surface area contributed by atoms with Crippen molar-refractivity contribution in [3.63, 3.8) is 0 Å². The molecule has 0 radical (unpaired) electrons. The van der Waals surface area contributed by atoms with Gasteiger partial charge < -0.3 is 21.0 Å². The normalized spacial score (nSPS) is 13.7. The summed E-state index contributed by atoms with van der Waals surface area (Å²) in [5.41, 5.74) is 5.07. The zero-order valence-electron chi connectivity index (χ0n) is 10.3. The number of anilines is 1. The fourth-order valence-corrected chi connectivity index (χ4v) is 1.25. The number of hydrogen-bond donors (Lipinski definition) is 3. The van der Waals surface area contributed by atoms with Crippen molar-refractivity contribution < 1.29 is 27.9 Å². The van der Waals surface area contributed by atoms with Crippen LogP contribution in [0.5, 0.6) is 5.75 Å². The zero-order valence-corrected chi connectivity index (χ0v) is 10.3. The monoisotopic (exact) mass is 291 g/mol. The summed E-state index contributed by atoms with van der Waals surface area (Å²) >= 11 is 0. The number of alkyl halides is 3. The number of rotatable bonds is 4. The average Bonchev–Trinajstić information content (AvgIpc) is 2.37. The van der Waals surface area contributed by atoms with Gasteiger partial charge in [0.05, 0.1) is 11.6 Å². The number of carbonyl (C=O) groups is 1. The summed E-state index contributed by atoms with van der Waals surface area (Å²) < 4.78 is 40.4. The van der Waals surface area contributed by atoms with Crippen LogP contribution in [0.15, 0.2) is 29.4 Å². The lowest BCUT2D eigenvalue weighted by molar-refractivity contribution is -0.274. The number of benzene rings is 1. The van der Waals surface area contributed by atoms with Crippen LogP contribution in [0.1, 0.15) is 6.92 Å². The van der Waals surface area contributed by atoms with Crippen molar-refractivity contribution in [3.8, 4) is 5.75 Å². The molecule has 6 nitrogen and oxygen atoms in total. The molecule has 0 saturated carbocycles. The second-order valence-electron chi connectivity index (χ2n) is 3.78. The minimum atomic E-state index is -4.88.